The van der Waals surface area contributed by atoms with Crippen LogP contribution in [-0.2, 0) is 11.2 Å². The molecule has 2 heterocycles. The van der Waals surface area contributed by atoms with E-state index in [9.17, 15) is 4.79 Å². The van der Waals surface area contributed by atoms with E-state index < -0.39 is 12.0 Å². The van der Waals surface area contributed by atoms with E-state index in [1.165, 1.54) is 0 Å². The van der Waals surface area contributed by atoms with Gasteiger partial charge in [-0.15, -0.1) is 0 Å². The van der Waals surface area contributed by atoms with E-state index in [0.29, 0.717) is 11.5 Å². The minimum atomic E-state index is -1.05. The summed E-state index contributed by atoms with van der Waals surface area (Å²) in [6, 6.07) is 4.64. The van der Waals surface area contributed by atoms with Crippen molar-refractivity contribution in [3.63, 3.8) is 0 Å². The molecule has 0 saturated heterocycles. The van der Waals surface area contributed by atoms with Crippen LogP contribution in [-0.4, -0.2) is 31.7 Å². The molecule has 6 heteroatoms. The van der Waals surface area contributed by atoms with Crippen LogP contribution in [0.4, 0.5) is 0 Å². The van der Waals surface area contributed by atoms with Gasteiger partial charge >= 0.3 is 5.97 Å². The second-order valence-corrected chi connectivity index (χ2v) is 3.61. The van der Waals surface area contributed by atoms with E-state index in [1.54, 1.807) is 4.52 Å². The first-order chi connectivity index (χ1) is 7.58. The van der Waals surface area contributed by atoms with Crippen LogP contribution >= 0.6 is 0 Å². The summed E-state index contributed by atoms with van der Waals surface area (Å²) < 4.78 is 1.67. The Hall–Kier alpha value is -1.95. The fourth-order valence-electron chi connectivity index (χ4n) is 1.45. The number of carboxylic acid groups (broad SMARTS) is 1. The Bertz CT molecular complexity index is 535. The van der Waals surface area contributed by atoms with E-state index in [0.717, 1.165) is 5.69 Å². The van der Waals surface area contributed by atoms with Crippen LogP contribution in [0, 0.1) is 6.92 Å². The van der Waals surface area contributed by atoms with Gasteiger partial charge in [0, 0.05) is 12.1 Å². The van der Waals surface area contributed by atoms with Crippen LogP contribution in [0.25, 0.3) is 5.65 Å². The highest BCUT2D eigenvalue weighted by Gasteiger charge is 2.15. The van der Waals surface area contributed by atoms with Gasteiger partial charge in [0.2, 0.25) is 0 Å². The third-order valence-corrected chi connectivity index (χ3v) is 2.31. The van der Waals surface area contributed by atoms with Crippen LogP contribution in [0.3, 0.4) is 0 Å². The Labute approximate surface area is 91.7 Å². The molecule has 0 aromatic carbocycles. The lowest BCUT2D eigenvalue weighted by Crippen LogP contribution is -2.32. The molecule has 0 bridgehead atoms. The molecule has 0 saturated carbocycles. The van der Waals surface area contributed by atoms with Crippen molar-refractivity contribution in [1.29, 1.82) is 0 Å². The smallest absolute Gasteiger partial charge is 0.320 e. The molecule has 0 fully saturated rings. The summed E-state index contributed by atoms with van der Waals surface area (Å²) >= 11 is 0. The first-order valence-electron chi connectivity index (χ1n) is 4.87. The molecule has 2 aromatic rings. The number of nitrogens with zero attached hydrogens (tertiary/aromatic N) is 3. The van der Waals surface area contributed by atoms with E-state index in [-0.39, 0.29) is 6.42 Å². The maximum atomic E-state index is 10.6. The second kappa shape index (κ2) is 3.90. The second-order valence-electron chi connectivity index (χ2n) is 3.61. The number of rotatable bonds is 3. The summed E-state index contributed by atoms with van der Waals surface area (Å²) in [5.74, 6) is -0.597. The average molecular weight is 220 g/mol. The van der Waals surface area contributed by atoms with E-state index in [4.69, 9.17) is 10.8 Å². The van der Waals surface area contributed by atoms with Gasteiger partial charge in [0.1, 0.15) is 6.04 Å². The Morgan fingerprint density at radius 1 is 1.62 bits per heavy atom. The van der Waals surface area contributed by atoms with Crippen molar-refractivity contribution >= 4 is 11.6 Å². The van der Waals surface area contributed by atoms with Gasteiger partial charge in [-0.05, 0) is 19.1 Å². The maximum absolute atomic E-state index is 10.6. The number of nitrogens with two attached hydrogens (primary N) is 1. The lowest BCUT2D eigenvalue weighted by Gasteiger charge is -2.00. The van der Waals surface area contributed by atoms with Gasteiger partial charge in [0.15, 0.2) is 11.5 Å². The van der Waals surface area contributed by atoms with Crippen molar-refractivity contribution in [2.45, 2.75) is 19.4 Å². The van der Waals surface area contributed by atoms with Gasteiger partial charge in [-0.2, -0.15) is 5.10 Å². The molecule has 6 nitrogen and oxygen atoms in total. The van der Waals surface area contributed by atoms with E-state index in [1.807, 2.05) is 25.1 Å². The molecule has 0 spiro atoms. The van der Waals surface area contributed by atoms with Crippen LogP contribution in [0.2, 0.25) is 0 Å². The number of hydrogen-bond acceptors (Lipinski definition) is 4. The van der Waals surface area contributed by atoms with Crippen molar-refractivity contribution in [1.82, 2.24) is 14.6 Å². The minimum Gasteiger partial charge on any atom is -0.480 e. The molecule has 0 radical (unpaired) electrons. The first kappa shape index (κ1) is 10.6. The predicted molar refractivity (Wildman–Crippen MR) is 57.0 cm³/mol. The summed E-state index contributed by atoms with van der Waals surface area (Å²) in [5, 5.41) is 12.9. The average Bonchev–Trinajstić information content (AvgIpc) is 2.61. The summed E-state index contributed by atoms with van der Waals surface area (Å²) in [6.45, 7) is 1.91. The molecule has 1 atom stereocenters. The molecule has 0 aliphatic heterocycles. The minimum absolute atomic E-state index is 0.135. The summed E-state index contributed by atoms with van der Waals surface area (Å²) in [5.41, 5.74) is 7.07. The van der Waals surface area contributed by atoms with Gasteiger partial charge in [-0.25, -0.2) is 9.50 Å². The standard InChI is InChI=1S/C10H12N4O2/c1-6-3-2-4-9-12-8(13-14(6)9)5-7(11)10(15)16/h2-4,7H,5,11H2,1H3,(H,15,16). The lowest BCUT2D eigenvalue weighted by atomic mass is 10.2. The Balaban J connectivity index is 2.33. The molecular formula is C10H12N4O2. The van der Waals surface area contributed by atoms with E-state index in [2.05, 4.69) is 10.1 Å². The molecule has 0 amide bonds. The number of aliphatic carboxylic acids is 1. The predicted octanol–water partition coefficient (Wildman–Crippen LogP) is -0.00788. The molecule has 84 valence electrons. The van der Waals surface area contributed by atoms with Gasteiger partial charge in [-0.1, -0.05) is 6.07 Å². The first-order valence-corrected chi connectivity index (χ1v) is 4.87. The highest BCUT2D eigenvalue weighted by atomic mass is 16.4. The topological polar surface area (TPSA) is 93.5 Å². The summed E-state index contributed by atoms with van der Waals surface area (Å²) in [7, 11) is 0. The number of carboxylic acids is 1. The fraction of sp³-hybridized carbons (Fsp3) is 0.300. The number of fused-ring (bicyclic) bond motifs is 1. The molecule has 16 heavy (non-hydrogen) atoms. The highest BCUT2D eigenvalue weighted by molar-refractivity contribution is 5.73. The zero-order valence-corrected chi connectivity index (χ0v) is 8.79. The number of aromatic nitrogens is 3. The Morgan fingerprint density at radius 3 is 3.00 bits per heavy atom. The zero-order valence-electron chi connectivity index (χ0n) is 8.79. The van der Waals surface area contributed by atoms with Crippen molar-refractivity contribution < 1.29 is 9.90 Å². The molecule has 3 N–H and O–H groups in total. The van der Waals surface area contributed by atoms with Crippen molar-refractivity contribution in [3.8, 4) is 0 Å². The Kier molecular flexibility index (Phi) is 2.57. The molecular weight excluding hydrogens is 208 g/mol. The monoisotopic (exact) mass is 220 g/mol. The number of carbonyl (C=O) groups is 1. The normalized spacial score (nSPS) is 12.9. The third kappa shape index (κ3) is 1.87. The maximum Gasteiger partial charge on any atom is 0.320 e. The van der Waals surface area contributed by atoms with Crippen LogP contribution in [0.15, 0.2) is 18.2 Å². The molecule has 0 aliphatic carbocycles. The van der Waals surface area contributed by atoms with Gasteiger partial charge < -0.3 is 10.8 Å². The molecule has 2 rings (SSSR count). The number of aryl methyl sites for hydroxylation is 1. The zero-order chi connectivity index (χ0) is 11.7. The highest BCUT2D eigenvalue weighted by Crippen LogP contribution is 2.06. The number of hydrogen-bond donors (Lipinski definition) is 2. The van der Waals surface area contributed by atoms with E-state index >= 15 is 0 Å². The van der Waals surface area contributed by atoms with Crippen LogP contribution in [0.5, 0.6) is 0 Å². The lowest BCUT2D eigenvalue weighted by molar-refractivity contribution is -0.138. The van der Waals surface area contributed by atoms with Crippen molar-refractivity contribution in [3.05, 3.63) is 29.7 Å². The third-order valence-electron chi connectivity index (χ3n) is 2.31. The quantitative estimate of drug-likeness (QED) is 0.758. The summed E-state index contributed by atoms with van der Waals surface area (Å²) in [4.78, 5) is 14.8. The summed E-state index contributed by atoms with van der Waals surface area (Å²) in [6.07, 6.45) is 0.135. The Morgan fingerprint density at radius 2 is 2.38 bits per heavy atom. The van der Waals surface area contributed by atoms with Gasteiger partial charge in [0.05, 0.1) is 0 Å². The van der Waals surface area contributed by atoms with Crippen molar-refractivity contribution in [2.75, 3.05) is 0 Å². The fourth-order valence-corrected chi connectivity index (χ4v) is 1.45. The largest absolute Gasteiger partial charge is 0.480 e. The SMILES string of the molecule is Cc1cccc2nc(CC(N)C(=O)O)nn12. The van der Waals surface area contributed by atoms with Crippen LogP contribution < -0.4 is 5.73 Å². The van der Waals surface area contributed by atoms with Crippen LogP contribution in [0.1, 0.15) is 11.5 Å². The molecule has 0 aliphatic rings. The van der Waals surface area contributed by atoms with Gasteiger partial charge in [0.25, 0.3) is 0 Å². The number of pyridine rings is 1. The molecule has 2 aromatic heterocycles. The van der Waals surface area contributed by atoms with Gasteiger partial charge in [-0.3, -0.25) is 4.79 Å². The molecule has 1 unspecified atom stereocenters. The van der Waals surface area contributed by atoms with Crippen molar-refractivity contribution in [2.24, 2.45) is 5.73 Å².